The van der Waals surface area contributed by atoms with Crippen molar-refractivity contribution in [1.82, 2.24) is 0 Å². The zero-order chi connectivity index (χ0) is 18.3. The SMILES string of the molecule is O=C(Nc1ccc(C(=O)N2CCCc3cc(F)cc(F)c32)cc1)C1CC1. The highest BCUT2D eigenvalue weighted by atomic mass is 19.1. The Bertz CT molecular complexity index is 876. The van der Waals surface area contributed by atoms with Gasteiger partial charge in [-0.25, -0.2) is 8.78 Å². The average molecular weight is 356 g/mol. The van der Waals surface area contributed by atoms with E-state index in [1.165, 1.54) is 11.0 Å². The van der Waals surface area contributed by atoms with Crippen LogP contribution in [0.25, 0.3) is 0 Å². The van der Waals surface area contributed by atoms with Gasteiger partial charge in [-0.1, -0.05) is 0 Å². The number of benzene rings is 2. The summed E-state index contributed by atoms with van der Waals surface area (Å²) >= 11 is 0. The summed E-state index contributed by atoms with van der Waals surface area (Å²) in [6, 6.07) is 8.65. The minimum Gasteiger partial charge on any atom is -0.326 e. The third-order valence-corrected chi connectivity index (χ3v) is 4.80. The first-order valence-electron chi connectivity index (χ1n) is 8.73. The van der Waals surface area contributed by atoms with Gasteiger partial charge in [-0.15, -0.1) is 0 Å². The Kier molecular flexibility index (Phi) is 4.18. The van der Waals surface area contributed by atoms with Crippen molar-refractivity contribution in [3.63, 3.8) is 0 Å². The molecule has 0 spiro atoms. The Labute approximate surface area is 149 Å². The first-order chi connectivity index (χ1) is 12.5. The summed E-state index contributed by atoms with van der Waals surface area (Å²) in [7, 11) is 0. The van der Waals surface area contributed by atoms with Gasteiger partial charge in [0, 0.05) is 29.8 Å². The van der Waals surface area contributed by atoms with Crippen molar-refractivity contribution in [2.24, 2.45) is 5.92 Å². The van der Waals surface area contributed by atoms with Gasteiger partial charge in [-0.2, -0.15) is 0 Å². The fourth-order valence-electron chi connectivity index (χ4n) is 3.30. The lowest BCUT2D eigenvalue weighted by Gasteiger charge is -2.30. The van der Waals surface area contributed by atoms with Crippen LogP contribution in [-0.4, -0.2) is 18.4 Å². The molecule has 2 aliphatic rings. The minimum absolute atomic E-state index is 0.00173. The summed E-state index contributed by atoms with van der Waals surface area (Å²) in [6.07, 6.45) is 3.03. The van der Waals surface area contributed by atoms with E-state index in [4.69, 9.17) is 0 Å². The molecule has 2 aromatic carbocycles. The second-order valence-corrected chi connectivity index (χ2v) is 6.80. The van der Waals surface area contributed by atoms with Gasteiger partial charge in [0.2, 0.25) is 5.91 Å². The van der Waals surface area contributed by atoms with Crippen LogP contribution in [-0.2, 0) is 11.2 Å². The maximum absolute atomic E-state index is 14.3. The Morgan fingerprint density at radius 1 is 1.08 bits per heavy atom. The standard InChI is InChI=1S/C20H18F2N2O2/c21-15-10-14-2-1-9-24(18(14)17(22)11-15)20(26)13-5-7-16(8-6-13)23-19(25)12-3-4-12/h5-8,10-12H,1-4,9H2,(H,23,25). The van der Waals surface area contributed by atoms with Gasteiger partial charge >= 0.3 is 0 Å². The highest BCUT2D eigenvalue weighted by Crippen LogP contribution is 2.33. The third-order valence-electron chi connectivity index (χ3n) is 4.80. The second kappa shape index (κ2) is 6.52. The van der Waals surface area contributed by atoms with Crippen molar-refractivity contribution in [2.75, 3.05) is 16.8 Å². The molecule has 6 heteroatoms. The summed E-state index contributed by atoms with van der Waals surface area (Å²) in [5.41, 5.74) is 1.70. The first kappa shape index (κ1) is 16.7. The molecule has 0 bridgehead atoms. The largest absolute Gasteiger partial charge is 0.326 e. The van der Waals surface area contributed by atoms with Gasteiger partial charge < -0.3 is 10.2 Å². The fourth-order valence-corrected chi connectivity index (χ4v) is 3.30. The predicted octanol–water partition coefficient (Wildman–Crippen LogP) is 3.91. The van der Waals surface area contributed by atoms with Crippen LogP contribution in [0.15, 0.2) is 36.4 Å². The number of rotatable bonds is 3. The quantitative estimate of drug-likeness (QED) is 0.907. The number of hydrogen-bond donors (Lipinski definition) is 1. The molecular formula is C20H18F2N2O2. The number of nitrogens with zero attached hydrogens (tertiary/aromatic N) is 1. The number of nitrogens with one attached hydrogen (secondary N) is 1. The number of anilines is 2. The van der Waals surface area contributed by atoms with Gasteiger partial charge in [0.15, 0.2) is 0 Å². The van der Waals surface area contributed by atoms with Crippen LogP contribution >= 0.6 is 0 Å². The lowest BCUT2D eigenvalue weighted by molar-refractivity contribution is -0.117. The molecule has 0 atom stereocenters. The van der Waals surface area contributed by atoms with Crippen molar-refractivity contribution >= 4 is 23.2 Å². The lowest BCUT2D eigenvalue weighted by Crippen LogP contribution is -2.36. The molecule has 1 aliphatic carbocycles. The van der Waals surface area contributed by atoms with E-state index in [1.54, 1.807) is 24.3 Å². The molecule has 2 aromatic rings. The van der Waals surface area contributed by atoms with E-state index >= 15 is 0 Å². The van der Waals surface area contributed by atoms with E-state index < -0.39 is 11.6 Å². The third kappa shape index (κ3) is 3.19. The molecule has 0 unspecified atom stereocenters. The second-order valence-electron chi connectivity index (χ2n) is 6.80. The van der Waals surface area contributed by atoms with E-state index in [-0.39, 0.29) is 23.4 Å². The van der Waals surface area contributed by atoms with Crippen molar-refractivity contribution < 1.29 is 18.4 Å². The van der Waals surface area contributed by atoms with Crippen molar-refractivity contribution in [1.29, 1.82) is 0 Å². The molecule has 0 aromatic heterocycles. The van der Waals surface area contributed by atoms with E-state index in [0.717, 1.165) is 18.9 Å². The minimum atomic E-state index is -0.721. The molecule has 0 radical (unpaired) electrons. The van der Waals surface area contributed by atoms with Crippen LogP contribution in [0.1, 0.15) is 35.2 Å². The van der Waals surface area contributed by atoms with Crippen LogP contribution in [0.3, 0.4) is 0 Å². The smallest absolute Gasteiger partial charge is 0.258 e. The Morgan fingerprint density at radius 3 is 2.50 bits per heavy atom. The van der Waals surface area contributed by atoms with Crippen LogP contribution in [0.4, 0.5) is 20.2 Å². The maximum Gasteiger partial charge on any atom is 0.258 e. The molecular weight excluding hydrogens is 338 g/mol. The van der Waals surface area contributed by atoms with Crippen LogP contribution < -0.4 is 10.2 Å². The molecule has 4 rings (SSSR count). The van der Waals surface area contributed by atoms with Crippen LogP contribution in [0, 0.1) is 17.6 Å². The van der Waals surface area contributed by atoms with E-state index in [9.17, 15) is 18.4 Å². The van der Waals surface area contributed by atoms with E-state index in [0.29, 0.717) is 36.2 Å². The van der Waals surface area contributed by atoms with Gasteiger partial charge in [0.05, 0.1) is 5.69 Å². The summed E-state index contributed by atoms with van der Waals surface area (Å²) in [5.74, 6) is -1.59. The molecule has 1 aliphatic heterocycles. The number of aryl methyl sites for hydroxylation is 1. The van der Waals surface area contributed by atoms with Gasteiger partial charge in [0.1, 0.15) is 11.6 Å². The van der Waals surface area contributed by atoms with Gasteiger partial charge in [0.25, 0.3) is 5.91 Å². The number of fused-ring (bicyclic) bond motifs is 1. The highest BCUT2D eigenvalue weighted by Gasteiger charge is 2.30. The van der Waals surface area contributed by atoms with Gasteiger partial charge in [-0.3, -0.25) is 9.59 Å². The molecule has 1 saturated carbocycles. The number of carbonyl (C=O) groups is 2. The molecule has 134 valence electrons. The Hall–Kier alpha value is -2.76. The van der Waals surface area contributed by atoms with Crippen LogP contribution in [0.5, 0.6) is 0 Å². The number of amides is 2. The number of halogens is 2. The topological polar surface area (TPSA) is 49.4 Å². The van der Waals surface area contributed by atoms with Gasteiger partial charge in [-0.05, 0) is 61.6 Å². The molecule has 1 N–H and O–H groups in total. The zero-order valence-electron chi connectivity index (χ0n) is 14.1. The van der Waals surface area contributed by atoms with Crippen LogP contribution in [0.2, 0.25) is 0 Å². The number of hydrogen-bond acceptors (Lipinski definition) is 2. The zero-order valence-corrected chi connectivity index (χ0v) is 14.1. The molecule has 26 heavy (non-hydrogen) atoms. The van der Waals surface area contributed by atoms with E-state index in [1.807, 2.05) is 0 Å². The van der Waals surface area contributed by atoms with E-state index in [2.05, 4.69) is 5.32 Å². The van der Waals surface area contributed by atoms with Crippen molar-refractivity contribution in [3.8, 4) is 0 Å². The molecule has 2 amide bonds. The molecule has 1 heterocycles. The highest BCUT2D eigenvalue weighted by molar-refractivity contribution is 6.07. The Morgan fingerprint density at radius 2 is 1.81 bits per heavy atom. The summed E-state index contributed by atoms with van der Waals surface area (Å²) in [4.78, 5) is 26.0. The molecule has 4 nitrogen and oxygen atoms in total. The maximum atomic E-state index is 14.3. The summed E-state index contributed by atoms with van der Waals surface area (Å²) in [5, 5.41) is 2.82. The number of carbonyl (C=O) groups excluding carboxylic acids is 2. The summed E-state index contributed by atoms with van der Waals surface area (Å²) < 4.78 is 27.7. The average Bonchev–Trinajstić information content (AvgIpc) is 3.46. The predicted molar refractivity (Wildman–Crippen MR) is 94.2 cm³/mol. The first-order valence-corrected chi connectivity index (χ1v) is 8.73. The molecule has 1 fully saturated rings. The monoisotopic (exact) mass is 356 g/mol. The Balaban J connectivity index is 1.56. The molecule has 0 saturated heterocycles. The van der Waals surface area contributed by atoms with Crippen molar-refractivity contribution in [3.05, 3.63) is 59.2 Å². The fraction of sp³-hybridized carbons (Fsp3) is 0.300. The summed E-state index contributed by atoms with van der Waals surface area (Å²) in [6.45, 7) is 0.383. The van der Waals surface area contributed by atoms with Crippen molar-refractivity contribution in [2.45, 2.75) is 25.7 Å². The normalized spacial score (nSPS) is 16.2. The lowest BCUT2D eigenvalue weighted by atomic mass is 10.00.